The summed E-state index contributed by atoms with van der Waals surface area (Å²) in [6.45, 7) is 6.89. The van der Waals surface area contributed by atoms with E-state index in [1.165, 1.54) is 0 Å². The first-order chi connectivity index (χ1) is 3.46. The smallest absolute Gasteiger partial charge is 1.00 e. The second-order valence-electron chi connectivity index (χ2n) is 2.19. The molecule has 0 saturated heterocycles. The molecule has 0 amide bonds. The van der Waals surface area contributed by atoms with Gasteiger partial charge in [-0.15, -0.1) is 0 Å². The normalized spacial score (nSPS) is 6.00. The van der Waals surface area contributed by atoms with E-state index in [9.17, 15) is 0 Å². The van der Waals surface area contributed by atoms with Gasteiger partial charge in [0.05, 0.1) is 0 Å². The van der Waals surface area contributed by atoms with Crippen LogP contribution in [0.1, 0.15) is 27.7 Å². The summed E-state index contributed by atoms with van der Waals surface area (Å²) in [6.07, 6.45) is -0.333. The van der Waals surface area contributed by atoms with Crippen molar-refractivity contribution in [1.82, 2.24) is 0 Å². The first-order valence-corrected chi connectivity index (χ1v) is 2.83. The van der Waals surface area contributed by atoms with Gasteiger partial charge in [-0.05, 0) is 27.7 Å². The summed E-state index contributed by atoms with van der Waals surface area (Å²) in [5, 5.41) is 16.1. The minimum atomic E-state index is -0.167. The fourth-order valence-electron chi connectivity index (χ4n) is 0. The van der Waals surface area contributed by atoms with Gasteiger partial charge >= 0.3 is 21.7 Å². The Hall–Kier alpha value is 2.07. The Morgan fingerprint density at radius 2 is 0.667 bits per heavy atom. The number of aliphatic hydroxyl groups excluding tert-OH is 2. The molecule has 1 radical (unpaired) electrons. The zero-order valence-corrected chi connectivity index (χ0v) is 14.0. The van der Waals surface area contributed by atoms with Gasteiger partial charge < -0.3 is 61.2 Å². The van der Waals surface area contributed by atoms with Crippen molar-refractivity contribution in [1.29, 1.82) is 0 Å². The van der Waals surface area contributed by atoms with Crippen molar-refractivity contribution in [2.24, 2.45) is 0 Å². The van der Waals surface area contributed by atoms with Crippen molar-refractivity contribution in [2.45, 2.75) is 39.9 Å². The molecule has 2 nitrogen and oxygen atoms in total. The average molecular weight is 408 g/mol. The van der Waals surface area contributed by atoms with Crippen LogP contribution in [-0.2, 0) is 21.7 Å². The van der Waals surface area contributed by atoms with E-state index in [-0.39, 0.29) is 84.9 Å². The summed E-state index contributed by atoms with van der Waals surface area (Å²) >= 11 is 0. The molecule has 0 aromatic heterocycles. The van der Waals surface area contributed by atoms with Crippen LogP contribution in [0, 0.1) is 0 Å². The predicted molar refractivity (Wildman–Crippen MR) is 34.7 cm³/mol. The second kappa shape index (κ2) is 29.2. The van der Waals surface area contributed by atoms with E-state index in [0.29, 0.717) is 0 Å². The van der Waals surface area contributed by atoms with Crippen molar-refractivity contribution in [3.63, 3.8) is 0 Å². The van der Waals surface area contributed by atoms with E-state index >= 15 is 0 Å². The molecule has 0 fully saturated rings. The Bertz CT molecular complexity index is 36.3. The molecule has 12 heavy (non-hydrogen) atoms. The van der Waals surface area contributed by atoms with Crippen LogP contribution < -0.4 is 50.9 Å². The topological polar surface area (TPSA) is 40.5 Å². The van der Waals surface area contributed by atoms with Crippen molar-refractivity contribution in [3.8, 4) is 0 Å². The number of halogens is 3. The van der Waals surface area contributed by atoms with Gasteiger partial charge in [0.15, 0.2) is 0 Å². The zero-order valence-electron chi connectivity index (χ0n) is 7.68. The van der Waals surface area contributed by atoms with Crippen LogP contribution in [0.3, 0.4) is 0 Å². The molecule has 0 heterocycles. The summed E-state index contributed by atoms with van der Waals surface area (Å²) in [7, 11) is 0. The minimum absolute atomic E-state index is 0. The van der Waals surface area contributed by atoms with Crippen LogP contribution >= 0.6 is 0 Å². The van der Waals surface area contributed by atoms with Crippen LogP contribution in [0.15, 0.2) is 0 Å². The van der Waals surface area contributed by atoms with Crippen molar-refractivity contribution < 1.29 is 82.9 Å². The Morgan fingerprint density at radius 3 is 0.667 bits per heavy atom. The fraction of sp³-hybridized carbons (Fsp3) is 1.00. The largest absolute Gasteiger partial charge is 3.00 e. The van der Waals surface area contributed by atoms with Crippen LogP contribution in [0.25, 0.3) is 0 Å². The molecule has 0 aromatic carbocycles. The summed E-state index contributed by atoms with van der Waals surface area (Å²) < 4.78 is 0. The Labute approximate surface area is 122 Å². The van der Waals surface area contributed by atoms with Crippen LogP contribution in [0.2, 0.25) is 0 Å². The molecule has 0 aliphatic carbocycles. The maximum Gasteiger partial charge on any atom is 3.00 e. The third kappa shape index (κ3) is 344. The van der Waals surface area contributed by atoms with E-state index in [1.54, 1.807) is 27.7 Å². The molecule has 6 heteroatoms. The molecule has 2 N–H and O–H groups in total. The van der Waals surface area contributed by atoms with E-state index in [4.69, 9.17) is 10.2 Å². The molecule has 0 rings (SSSR count). The second-order valence-corrected chi connectivity index (χ2v) is 2.19. The Morgan fingerprint density at radius 1 is 0.667 bits per heavy atom. The van der Waals surface area contributed by atoms with Gasteiger partial charge in [-0.1, -0.05) is 0 Å². The molecule has 0 aliphatic rings. The molecule has 77 valence electrons. The Balaban J connectivity index is -0.0000000112. The van der Waals surface area contributed by atoms with E-state index in [0.717, 1.165) is 0 Å². The molecular weight excluding hydrogens is 392 g/mol. The van der Waals surface area contributed by atoms with Crippen LogP contribution in [-0.4, -0.2) is 22.4 Å². The fourth-order valence-corrected chi connectivity index (χ4v) is 0. The molecule has 0 unspecified atom stereocenters. The third-order valence-electron chi connectivity index (χ3n) is 0. The molecule has 0 bridgehead atoms. The van der Waals surface area contributed by atoms with Gasteiger partial charge in [-0.3, -0.25) is 0 Å². The van der Waals surface area contributed by atoms with Crippen molar-refractivity contribution >= 4 is 0 Å². The van der Waals surface area contributed by atoms with Crippen LogP contribution in [0.5, 0.6) is 0 Å². The van der Waals surface area contributed by atoms with Crippen molar-refractivity contribution in [2.75, 3.05) is 0 Å². The number of aliphatic hydroxyl groups is 2. The minimum Gasteiger partial charge on any atom is -1.00 e. The van der Waals surface area contributed by atoms with E-state index < -0.39 is 0 Å². The van der Waals surface area contributed by atoms with Gasteiger partial charge in [0.25, 0.3) is 0 Å². The molecular formula is C6H16Br3O2Ti. The van der Waals surface area contributed by atoms with Gasteiger partial charge in [-0.2, -0.15) is 0 Å². The maximum atomic E-state index is 8.06. The summed E-state index contributed by atoms with van der Waals surface area (Å²) in [5.41, 5.74) is 0. The SMILES string of the molecule is CC(C)O.CC(C)O.[Br-].[Br-].[Br-].[Ti+3]. The van der Waals surface area contributed by atoms with Gasteiger partial charge in [0.1, 0.15) is 0 Å². The summed E-state index contributed by atoms with van der Waals surface area (Å²) in [4.78, 5) is 0. The monoisotopic (exact) mass is 405 g/mol. The molecule has 0 spiro atoms. The maximum absolute atomic E-state index is 8.06. The zero-order chi connectivity index (χ0) is 7.15. The average Bonchev–Trinajstić information content (AvgIpc) is 1.25. The number of hydrogen-bond donors (Lipinski definition) is 2. The summed E-state index contributed by atoms with van der Waals surface area (Å²) in [6, 6.07) is 0. The molecule has 0 saturated carbocycles. The predicted octanol–water partition coefficient (Wildman–Crippen LogP) is -8.22. The van der Waals surface area contributed by atoms with Gasteiger partial charge in [0, 0.05) is 12.2 Å². The van der Waals surface area contributed by atoms with E-state index in [2.05, 4.69) is 0 Å². The Kier molecular flexibility index (Phi) is 89.9. The van der Waals surface area contributed by atoms with E-state index in [1.807, 2.05) is 0 Å². The summed E-state index contributed by atoms with van der Waals surface area (Å²) in [5.74, 6) is 0. The quantitative estimate of drug-likeness (QED) is 0.392. The number of hydrogen-bond acceptors (Lipinski definition) is 2. The first kappa shape index (κ1) is 36.9. The van der Waals surface area contributed by atoms with Gasteiger partial charge in [0.2, 0.25) is 0 Å². The van der Waals surface area contributed by atoms with Crippen molar-refractivity contribution in [3.05, 3.63) is 0 Å². The standard InChI is InChI=1S/2C3H8O.3BrH.Ti/c2*1-3(2)4;;;;/h2*3-4H,1-2H3;3*1H;/q;;;;;+3/p-3. The number of rotatable bonds is 0. The molecule has 0 atom stereocenters. The van der Waals surface area contributed by atoms with Crippen LogP contribution in [0.4, 0.5) is 0 Å². The molecule has 0 aromatic rings. The molecule has 0 aliphatic heterocycles. The first-order valence-electron chi connectivity index (χ1n) is 2.83. The van der Waals surface area contributed by atoms with Gasteiger partial charge in [-0.25, -0.2) is 0 Å². The third-order valence-corrected chi connectivity index (χ3v) is 0.